The highest BCUT2D eigenvalue weighted by atomic mass is 16.3. The minimum Gasteiger partial charge on any atom is -0.394 e. The summed E-state index contributed by atoms with van der Waals surface area (Å²) in [5.41, 5.74) is 2.01. The van der Waals surface area contributed by atoms with Gasteiger partial charge in [-0.3, -0.25) is 9.59 Å². The molecule has 1 heterocycles. The van der Waals surface area contributed by atoms with E-state index >= 15 is 0 Å². The van der Waals surface area contributed by atoms with E-state index in [4.69, 9.17) is 0 Å². The van der Waals surface area contributed by atoms with Gasteiger partial charge >= 0.3 is 0 Å². The number of hydrogen-bond acceptors (Lipinski definition) is 4. The molecule has 2 aromatic rings. The quantitative estimate of drug-likeness (QED) is 0.798. The fraction of sp³-hybridized carbons (Fsp3) is 0.364. The summed E-state index contributed by atoms with van der Waals surface area (Å²) in [5, 5.41) is 12.4. The molecule has 0 aromatic heterocycles. The second kappa shape index (κ2) is 9.37. The minimum atomic E-state index is -0.915. The number of aliphatic hydroxyl groups excluding tert-OH is 1. The molecule has 2 amide bonds. The smallest absolute Gasteiger partial charge is 0.247 e. The van der Waals surface area contributed by atoms with Gasteiger partial charge in [0.05, 0.1) is 12.5 Å². The van der Waals surface area contributed by atoms with Crippen LogP contribution in [0.1, 0.15) is 18.4 Å². The van der Waals surface area contributed by atoms with Crippen LogP contribution in [-0.2, 0) is 9.59 Å². The van der Waals surface area contributed by atoms with Gasteiger partial charge in [-0.15, -0.1) is 0 Å². The summed E-state index contributed by atoms with van der Waals surface area (Å²) in [7, 11) is 0. The van der Waals surface area contributed by atoms with Crippen LogP contribution in [-0.4, -0.2) is 60.6 Å². The van der Waals surface area contributed by atoms with Crippen LogP contribution >= 0.6 is 0 Å². The van der Waals surface area contributed by atoms with Crippen molar-refractivity contribution in [2.75, 3.05) is 37.7 Å². The average molecular weight is 381 g/mol. The van der Waals surface area contributed by atoms with Crippen LogP contribution in [0, 0.1) is 0 Å². The topological polar surface area (TPSA) is 72.9 Å². The number of carbonyl (C=O) groups excluding carboxylic acids is 2. The van der Waals surface area contributed by atoms with Crippen molar-refractivity contribution >= 4 is 17.5 Å². The molecule has 6 nitrogen and oxygen atoms in total. The third kappa shape index (κ3) is 4.70. The Kier molecular flexibility index (Phi) is 6.66. The van der Waals surface area contributed by atoms with Gasteiger partial charge in [0, 0.05) is 31.9 Å². The molecule has 1 unspecified atom stereocenters. The van der Waals surface area contributed by atoms with Crippen molar-refractivity contribution in [1.29, 1.82) is 0 Å². The summed E-state index contributed by atoms with van der Waals surface area (Å²) >= 11 is 0. The molecule has 6 heteroatoms. The lowest BCUT2D eigenvalue weighted by molar-refractivity contribution is -0.138. The molecule has 1 fully saturated rings. The van der Waals surface area contributed by atoms with Crippen molar-refractivity contribution in [3.05, 3.63) is 66.2 Å². The van der Waals surface area contributed by atoms with Crippen molar-refractivity contribution in [2.24, 2.45) is 0 Å². The first-order chi connectivity index (χ1) is 13.6. The molecule has 0 bridgehead atoms. The largest absolute Gasteiger partial charge is 0.394 e. The highest BCUT2D eigenvalue weighted by Crippen LogP contribution is 2.17. The van der Waals surface area contributed by atoms with Gasteiger partial charge in [-0.1, -0.05) is 48.5 Å². The first-order valence-electron chi connectivity index (χ1n) is 9.65. The van der Waals surface area contributed by atoms with Gasteiger partial charge in [-0.05, 0) is 24.6 Å². The molecule has 1 aliphatic rings. The van der Waals surface area contributed by atoms with Gasteiger partial charge in [0.15, 0.2) is 0 Å². The molecule has 1 aliphatic heterocycles. The summed E-state index contributed by atoms with van der Waals surface area (Å²) in [6.07, 6.45) is 0. The van der Waals surface area contributed by atoms with Crippen LogP contribution in [0.5, 0.6) is 0 Å². The van der Waals surface area contributed by atoms with Crippen LogP contribution in [0.25, 0.3) is 0 Å². The summed E-state index contributed by atoms with van der Waals surface area (Å²) in [4.78, 5) is 29.3. The Morgan fingerprint density at radius 1 is 0.964 bits per heavy atom. The molecule has 2 atom stereocenters. The third-order valence-corrected chi connectivity index (χ3v) is 5.20. The molecule has 3 rings (SSSR count). The number of hydrogen-bond donors (Lipinski definition) is 2. The average Bonchev–Trinajstić information content (AvgIpc) is 2.77. The van der Waals surface area contributed by atoms with Gasteiger partial charge in [0.2, 0.25) is 11.8 Å². The fourth-order valence-electron chi connectivity index (χ4n) is 3.42. The van der Waals surface area contributed by atoms with Gasteiger partial charge in [0.1, 0.15) is 6.04 Å². The molecule has 148 valence electrons. The molecule has 0 saturated carbocycles. The van der Waals surface area contributed by atoms with Crippen molar-refractivity contribution < 1.29 is 14.7 Å². The number of carbonyl (C=O) groups is 2. The SMILES string of the molecule is CC(C(=O)N[C@@H](CO)C(=O)N1CCN(c2ccccc2)CC1)c1ccccc1. The first kappa shape index (κ1) is 19.9. The van der Waals surface area contributed by atoms with Gasteiger partial charge in [-0.25, -0.2) is 0 Å². The van der Waals surface area contributed by atoms with Crippen molar-refractivity contribution in [3.8, 4) is 0 Å². The van der Waals surface area contributed by atoms with Crippen LogP contribution in [0.3, 0.4) is 0 Å². The second-order valence-corrected chi connectivity index (χ2v) is 7.02. The van der Waals surface area contributed by atoms with Crippen molar-refractivity contribution in [2.45, 2.75) is 18.9 Å². The molecule has 1 saturated heterocycles. The minimum absolute atomic E-state index is 0.233. The number of aliphatic hydroxyl groups is 1. The number of amides is 2. The zero-order valence-corrected chi connectivity index (χ0v) is 16.1. The van der Waals surface area contributed by atoms with E-state index in [1.54, 1.807) is 11.8 Å². The van der Waals surface area contributed by atoms with Crippen molar-refractivity contribution in [3.63, 3.8) is 0 Å². The summed E-state index contributed by atoms with van der Waals surface area (Å²) in [6.45, 7) is 3.96. The Balaban J connectivity index is 1.56. The molecular formula is C22H27N3O3. The lowest BCUT2D eigenvalue weighted by Gasteiger charge is -2.37. The molecule has 2 N–H and O–H groups in total. The lowest BCUT2D eigenvalue weighted by atomic mass is 10.00. The Bertz CT molecular complexity index is 774. The second-order valence-electron chi connectivity index (χ2n) is 7.02. The van der Waals surface area contributed by atoms with E-state index in [0.29, 0.717) is 13.1 Å². The molecular weight excluding hydrogens is 354 g/mol. The van der Waals surface area contributed by atoms with E-state index in [1.807, 2.05) is 48.5 Å². The molecule has 0 aliphatic carbocycles. The maximum atomic E-state index is 12.8. The van der Waals surface area contributed by atoms with Crippen molar-refractivity contribution in [1.82, 2.24) is 10.2 Å². The zero-order chi connectivity index (χ0) is 19.9. The predicted octanol–water partition coefficient (Wildman–Crippen LogP) is 1.62. The van der Waals surface area contributed by atoms with Crippen LogP contribution < -0.4 is 10.2 Å². The lowest BCUT2D eigenvalue weighted by Crippen LogP contribution is -2.56. The fourth-order valence-corrected chi connectivity index (χ4v) is 3.42. The van der Waals surface area contributed by atoms with E-state index in [9.17, 15) is 14.7 Å². The highest BCUT2D eigenvalue weighted by Gasteiger charge is 2.29. The number of piperazine rings is 1. The predicted molar refractivity (Wildman–Crippen MR) is 109 cm³/mol. The Morgan fingerprint density at radius 2 is 1.54 bits per heavy atom. The highest BCUT2D eigenvalue weighted by molar-refractivity contribution is 5.90. The zero-order valence-electron chi connectivity index (χ0n) is 16.1. The molecule has 2 aromatic carbocycles. The number of benzene rings is 2. The first-order valence-corrected chi connectivity index (χ1v) is 9.65. The van der Waals surface area contributed by atoms with Crippen LogP contribution in [0.2, 0.25) is 0 Å². The van der Waals surface area contributed by atoms with E-state index < -0.39 is 18.6 Å². The van der Waals surface area contributed by atoms with E-state index in [2.05, 4.69) is 22.3 Å². The maximum Gasteiger partial charge on any atom is 0.247 e. The number of para-hydroxylation sites is 1. The maximum absolute atomic E-state index is 12.8. The monoisotopic (exact) mass is 381 g/mol. The Morgan fingerprint density at radius 3 is 2.11 bits per heavy atom. The third-order valence-electron chi connectivity index (χ3n) is 5.20. The van der Waals surface area contributed by atoms with Crippen LogP contribution in [0.4, 0.5) is 5.69 Å². The van der Waals surface area contributed by atoms with Gasteiger partial charge in [0.25, 0.3) is 0 Å². The molecule has 0 radical (unpaired) electrons. The number of nitrogens with one attached hydrogen (secondary N) is 1. The van der Waals surface area contributed by atoms with E-state index in [1.165, 1.54) is 0 Å². The van der Waals surface area contributed by atoms with E-state index in [0.717, 1.165) is 24.3 Å². The normalized spacial score (nSPS) is 16.4. The van der Waals surface area contributed by atoms with Gasteiger partial charge < -0.3 is 20.2 Å². The van der Waals surface area contributed by atoms with E-state index in [-0.39, 0.29) is 11.8 Å². The van der Waals surface area contributed by atoms with Crippen LogP contribution in [0.15, 0.2) is 60.7 Å². The Labute approximate surface area is 165 Å². The Hall–Kier alpha value is -2.86. The molecule has 28 heavy (non-hydrogen) atoms. The number of rotatable bonds is 6. The summed E-state index contributed by atoms with van der Waals surface area (Å²) in [5.74, 6) is -0.886. The number of nitrogens with zero attached hydrogens (tertiary/aromatic N) is 2. The number of anilines is 1. The summed E-state index contributed by atoms with van der Waals surface area (Å²) in [6, 6.07) is 18.6. The summed E-state index contributed by atoms with van der Waals surface area (Å²) < 4.78 is 0. The standard InChI is InChI=1S/C22H27N3O3/c1-17(18-8-4-2-5-9-18)21(27)23-20(16-26)22(28)25-14-12-24(13-15-25)19-10-6-3-7-11-19/h2-11,17,20,26H,12-16H2,1H3,(H,23,27)/t17?,20-/m0/s1. The molecule has 0 spiro atoms. The van der Waals surface area contributed by atoms with Gasteiger partial charge in [-0.2, -0.15) is 0 Å².